The summed E-state index contributed by atoms with van der Waals surface area (Å²) in [7, 11) is 1.80. The minimum atomic E-state index is -0.188. The van der Waals surface area contributed by atoms with Gasteiger partial charge in [0.25, 0.3) is 5.56 Å². The Labute approximate surface area is 180 Å². The van der Waals surface area contributed by atoms with Gasteiger partial charge in [-0.05, 0) is 50.5 Å². The van der Waals surface area contributed by atoms with Gasteiger partial charge in [-0.25, -0.2) is 0 Å². The topological polar surface area (TPSA) is 98.2 Å². The number of aromatic amines is 1. The molecule has 0 saturated carbocycles. The lowest BCUT2D eigenvalue weighted by Crippen LogP contribution is -2.28. The van der Waals surface area contributed by atoms with E-state index in [4.69, 9.17) is 9.47 Å². The number of carbonyl (C=O) groups excluding carboxylic acids is 1. The highest BCUT2D eigenvalue weighted by molar-refractivity contribution is 5.83. The van der Waals surface area contributed by atoms with Crippen LogP contribution < -0.4 is 20.3 Å². The lowest BCUT2D eigenvalue weighted by Gasteiger charge is -2.16. The first-order valence-electron chi connectivity index (χ1n) is 10.6. The third-order valence-electron chi connectivity index (χ3n) is 5.81. The Bertz CT molecular complexity index is 1190. The maximum absolute atomic E-state index is 12.6. The Balaban J connectivity index is 1.44. The predicted molar refractivity (Wildman–Crippen MR) is 118 cm³/mol. The van der Waals surface area contributed by atoms with Gasteiger partial charge in [-0.2, -0.15) is 5.10 Å². The van der Waals surface area contributed by atoms with E-state index in [1.807, 2.05) is 39.0 Å². The second kappa shape index (κ2) is 8.45. The average Bonchev–Trinajstić information content (AvgIpc) is 2.89. The van der Waals surface area contributed by atoms with Crippen molar-refractivity contribution >= 4 is 16.9 Å². The number of pyridine rings is 1. The molecule has 2 aromatic heterocycles. The molecule has 164 valence electrons. The number of rotatable bonds is 5. The van der Waals surface area contributed by atoms with Crippen molar-refractivity contribution in [3.63, 3.8) is 0 Å². The predicted octanol–water partition coefficient (Wildman–Crippen LogP) is 2.85. The number of amides is 1. The largest absolute Gasteiger partial charge is 0.490 e. The second-order valence-electron chi connectivity index (χ2n) is 8.04. The summed E-state index contributed by atoms with van der Waals surface area (Å²) in [5.74, 6) is 1.33. The summed E-state index contributed by atoms with van der Waals surface area (Å²) in [6.45, 7) is 7.02. The van der Waals surface area contributed by atoms with Gasteiger partial charge in [0.05, 0.1) is 24.9 Å². The second-order valence-corrected chi connectivity index (χ2v) is 8.04. The molecule has 1 aliphatic heterocycles. The maximum Gasteiger partial charge on any atom is 0.253 e. The van der Waals surface area contributed by atoms with Crippen molar-refractivity contribution in [2.45, 2.75) is 46.1 Å². The molecule has 31 heavy (non-hydrogen) atoms. The normalized spacial score (nSPS) is 14.3. The van der Waals surface area contributed by atoms with Gasteiger partial charge in [-0.1, -0.05) is 6.07 Å². The van der Waals surface area contributed by atoms with Crippen molar-refractivity contribution < 1.29 is 14.3 Å². The lowest BCUT2D eigenvalue weighted by molar-refractivity contribution is -0.121. The van der Waals surface area contributed by atoms with E-state index < -0.39 is 0 Å². The van der Waals surface area contributed by atoms with E-state index in [0.29, 0.717) is 36.6 Å². The quantitative estimate of drug-likeness (QED) is 0.656. The molecule has 2 N–H and O–H groups in total. The van der Waals surface area contributed by atoms with Crippen LogP contribution in [-0.2, 0) is 18.3 Å². The molecule has 0 unspecified atom stereocenters. The van der Waals surface area contributed by atoms with E-state index in [9.17, 15) is 9.59 Å². The van der Waals surface area contributed by atoms with E-state index in [0.717, 1.165) is 34.4 Å². The number of aromatic nitrogens is 3. The molecule has 4 rings (SSSR count). The summed E-state index contributed by atoms with van der Waals surface area (Å²) in [6.07, 6.45) is 1.44. The lowest BCUT2D eigenvalue weighted by atomic mass is 10.0. The third kappa shape index (κ3) is 4.15. The zero-order chi connectivity index (χ0) is 22.1. The van der Waals surface area contributed by atoms with Crippen LogP contribution >= 0.6 is 0 Å². The summed E-state index contributed by atoms with van der Waals surface area (Å²) in [4.78, 5) is 28.1. The highest BCUT2D eigenvalue weighted by atomic mass is 16.5. The fourth-order valence-corrected chi connectivity index (χ4v) is 4.14. The molecule has 3 aromatic rings. The van der Waals surface area contributed by atoms with E-state index >= 15 is 0 Å². The van der Waals surface area contributed by atoms with Gasteiger partial charge in [0.2, 0.25) is 5.91 Å². The number of H-pyrrole nitrogens is 1. The summed E-state index contributed by atoms with van der Waals surface area (Å²) in [6, 6.07) is 5.55. The van der Waals surface area contributed by atoms with E-state index in [1.54, 1.807) is 11.7 Å². The number of benzene rings is 1. The smallest absolute Gasteiger partial charge is 0.253 e. The highest BCUT2D eigenvalue weighted by Gasteiger charge is 2.18. The molecule has 0 bridgehead atoms. The Hall–Kier alpha value is -3.29. The molecular formula is C23H28N4O4. The molecular weight excluding hydrogens is 396 g/mol. The molecule has 0 saturated heterocycles. The molecule has 0 spiro atoms. The van der Waals surface area contributed by atoms with E-state index in [-0.39, 0.29) is 23.9 Å². The van der Waals surface area contributed by atoms with Crippen LogP contribution in [-0.4, -0.2) is 33.9 Å². The van der Waals surface area contributed by atoms with Crippen molar-refractivity contribution in [3.05, 3.63) is 50.9 Å². The Morgan fingerprint density at radius 3 is 2.77 bits per heavy atom. The fourth-order valence-electron chi connectivity index (χ4n) is 4.14. The summed E-state index contributed by atoms with van der Waals surface area (Å²) < 4.78 is 13.1. The van der Waals surface area contributed by atoms with Crippen LogP contribution in [0, 0.1) is 13.8 Å². The Morgan fingerprint density at radius 2 is 2.00 bits per heavy atom. The van der Waals surface area contributed by atoms with Crippen LogP contribution in [0.2, 0.25) is 0 Å². The zero-order valence-electron chi connectivity index (χ0n) is 18.4. The number of hydrogen-bond acceptors (Lipinski definition) is 5. The molecule has 0 aliphatic carbocycles. The van der Waals surface area contributed by atoms with Gasteiger partial charge in [0, 0.05) is 30.8 Å². The monoisotopic (exact) mass is 424 g/mol. The van der Waals surface area contributed by atoms with Crippen LogP contribution in [0.15, 0.2) is 23.0 Å². The summed E-state index contributed by atoms with van der Waals surface area (Å²) in [5.41, 5.74) is 3.85. The number of nitrogens with zero attached hydrogens (tertiary/aromatic N) is 2. The van der Waals surface area contributed by atoms with Gasteiger partial charge in [-0.15, -0.1) is 0 Å². The zero-order valence-corrected chi connectivity index (χ0v) is 18.4. The van der Waals surface area contributed by atoms with Crippen LogP contribution in [0.25, 0.3) is 11.0 Å². The summed E-state index contributed by atoms with van der Waals surface area (Å²) >= 11 is 0. The van der Waals surface area contributed by atoms with Gasteiger partial charge in [-0.3, -0.25) is 14.3 Å². The number of nitrogens with one attached hydrogen (secondary N) is 2. The van der Waals surface area contributed by atoms with Crippen molar-refractivity contribution in [2.24, 2.45) is 7.05 Å². The first-order chi connectivity index (χ1) is 14.8. The minimum Gasteiger partial charge on any atom is -0.490 e. The molecule has 8 nitrogen and oxygen atoms in total. The first kappa shape index (κ1) is 21.0. The number of ether oxygens (including phenoxy) is 2. The van der Waals surface area contributed by atoms with Crippen molar-refractivity contribution in [2.75, 3.05) is 13.2 Å². The molecule has 8 heteroatoms. The summed E-state index contributed by atoms with van der Waals surface area (Å²) in [5, 5.41) is 8.35. The van der Waals surface area contributed by atoms with Crippen molar-refractivity contribution in [3.8, 4) is 11.5 Å². The number of fused-ring (bicyclic) bond motifs is 2. The number of hydrogen-bond donors (Lipinski definition) is 2. The molecule has 1 atom stereocenters. The molecule has 1 amide bonds. The minimum absolute atomic E-state index is 0.110. The molecule has 0 radical (unpaired) electrons. The SMILES string of the molecule is Cc1nn(C)c2[nH]c(=O)c(CCC(=O)N[C@@H](C)c3ccc4c(c3)OCCCO4)c(C)c12. The molecule has 0 fully saturated rings. The van der Waals surface area contributed by atoms with Crippen molar-refractivity contribution in [1.29, 1.82) is 0 Å². The van der Waals surface area contributed by atoms with Crippen molar-refractivity contribution in [1.82, 2.24) is 20.1 Å². The fraction of sp³-hybridized carbons (Fsp3) is 0.435. The average molecular weight is 425 g/mol. The van der Waals surface area contributed by atoms with Gasteiger partial charge >= 0.3 is 0 Å². The Kier molecular flexibility index (Phi) is 5.71. The molecule has 1 aliphatic rings. The first-order valence-corrected chi connectivity index (χ1v) is 10.6. The van der Waals surface area contributed by atoms with E-state index in [2.05, 4.69) is 15.4 Å². The number of aryl methyl sites for hydroxylation is 3. The van der Waals surface area contributed by atoms with Crippen LogP contribution in [0.1, 0.15) is 48.2 Å². The van der Waals surface area contributed by atoms with Crippen LogP contribution in [0.3, 0.4) is 0 Å². The van der Waals surface area contributed by atoms with Crippen LogP contribution in [0.4, 0.5) is 0 Å². The van der Waals surface area contributed by atoms with Gasteiger partial charge in [0.1, 0.15) is 5.65 Å². The standard InChI is InChI=1S/C23H28N4O4/c1-13-17(23(29)25-22-21(13)15(3)26-27(22)4)7-9-20(28)24-14(2)16-6-8-18-19(12-16)31-11-5-10-30-18/h6,8,12,14H,5,7,9-11H2,1-4H3,(H,24,28)(H,25,29)/t14-/m0/s1. The number of carbonyl (C=O) groups is 1. The van der Waals surface area contributed by atoms with E-state index in [1.165, 1.54) is 0 Å². The van der Waals surface area contributed by atoms with Gasteiger partial charge < -0.3 is 19.8 Å². The maximum atomic E-state index is 12.6. The highest BCUT2D eigenvalue weighted by Crippen LogP contribution is 2.32. The molecule has 3 heterocycles. The Morgan fingerprint density at radius 1 is 1.26 bits per heavy atom. The third-order valence-corrected chi connectivity index (χ3v) is 5.81. The molecule has 1 aromatic carbocycles. The van der Waals surface area contributed by atoms with Crippen LogP contribution in [0.5, 0.6) is 11.5 Å². The van der Waals surface area contributed by atoms with Gasteiger partial charge in [0.15, 0.2) is 11.5 Å².